The van der Waals surface area contributed by atoms with Crippen LogP contribution in [0.3, 0.4) is 0 Å². The molecule has 1 atom stereocenters. The number of aromatic nitrogens is 1. The molecule has 0 bridgehead atoms. The van der Waals surface area contributed by atoms with Crippen LogP contribution in [0.4, 0.5) is 13.2 Å². The van der Waals surface area contributed by atoms with Gasteiger partial charge in [0.25, 0.3) is 0 Å². The number of nitrogens with one attached hydrogen (secondary N) is 1. The van der Waals surface area contributed by atoms with Crippen LogP contribution in [0.2, 0.25) is 0 Å². The quantitative estimate of drug-likeness (QED) is 0.335. The average Bonchev–Trinajstić information content (AvgIpc) is 2.87. The van der Waals surface area contributed by atoms with Gasteiger partial charge < -0.3 is 5.32 Å². The van der Waals surface area contributed by atoms with Crippen LogP contribution in [-0.4, -0.2) is 41.9 Å². The zero-order chi connectivity index (χ0) is 26.8. The molecule has 0 saturated carbocycles. The minimum atomic E-state index is -4.37. The standard InChI is InChI=1S/C28H33BrF3N5/c1-20(35-16-22-8-6-12-34-15-22)14-27(36-21(2)26(29)17-33-3)24-10-7-13-37(19-24)18-23-9-4-5-11-25(23)28(30,31)32/h4-6,8-9,11-12,14-15,17,24,35H,7,10,13,16,18-19H2,1-3H3/b20-14+,26-21-,33-17?,36-27+. The van der Waals surface area contributed by atoms with E-state index in [1.807, 2.05) is 38.3 Å². The fraction of sp³-hybridized carbons (Fsp3) is 0.393. The second-order valence-corrected chi connectivity index (χ2v) is 9.98. The molecule has 2 aromatic rings. The first-order valence-electron chi connectivity index (χ1n) is 12.2. The lowest BCUT2D eigenvalue weighted by Crippen LogP contribution is -2.38. The van der Waals surface area contributed by atoms with Crippen LogP contribution in [0.5, 0.6) is 0 Å². The molecule has 37 heavy (non-hydrogen) atoms. The van der Waals surface area contributed by atoms with Crippen molar-refractivity contribution in [3.05, 3.63) is 87.4 Å². The highest BCUT2D eigenvalue weighted by atomic mass is 79.9. The van der Waals surface area contributed by atoms with E-state index < -0.39 is 11.7 Å². The number of piperidine rings is 1. The molecule has 1 aromatic heterocycles. The molecule has 1 saturated heterocycles. The fourth-order valence-corrected chi connectivity index (χ4v) is 4.62. The maximum Gasteiger partial charge on any atom is 0.416 e. The first-order chi connectivity index (χ1) is 17.7. The van der Waals surface area contributed by atoms with Crippen LogP contribution in [0.1, 0.15) is 43.4 Å². The van der Waals surface area contributed by atoms with Gasteiger partial charge in [-0.15, -0.1) is 0 Å². The Hall–Kier alpha value is -2.78. The highest BCUT2D eigenvalue weighted by Crippen LogP contribution is 2.33. The van der Waals surface area contributed by atoms with Crippen LogP contribution >= 0.6 is 15.9 Å². The molecule has 2 heterocycles. The van der Waals surface area contributed by atoms with Crippen LogP contribution in [0.15, 0.2) is 80.7 Å². The van der Waals surface area contributed by atoms with E-state index in [2.05, 4.69) is 36.1 Å². The number of aliphatic imine (C=N–C) groups is 2. The number of likely N-dealkylation sites (tertiary alicyclic amines) is 1. The van der Waals surface area contributed by atoms with Gasteiger partial charge in [0.1, 0.15) is 0 Å². The highest BCUT2D eigenvalue weighted by Gasteiger charge is 2.34. The molecule has 9 heteroatoms. The summed E-state index contributed by atoms with van der Waals surface area (Å²) >= 11 is 3.53. The molecular weight excluding hydrogens is 543 g/mol. The summed E-state index contributed by atoms with van der Waals surface area (Å²) < 4.78 is 41.4. The van der Waals surface area contributed by atoms with Crippen molar-refractivity contribution in [2.45, 2.75) is 46.0 Å². The number of hydrogen-bond acceptors (Lipinski definition) is 5. The van der Waals surface area contributed by atoms with Gasteiger partial charge in [-0.3, -0.25) is 19.9 Å². The Balaban J connectivity index is 1.83. The van der Waals surface area contributed by atoms with Crippen molar-refractivity contribution in [2.24, 2.45) is 15.9 Å². The van der Waals surface area contributed by atoms with Crippen molar-refractivity contribution in [1.82, 2.24) is 15.2 Å². The van der Waals surface area contributed by atoms with E-state index in [1.165, 1.54) is 6.07 Å². The molecule has 5 nitrogen and oxygen atoms in total. The van der Waals surface area contributed by atoms with E-state index in [4.69, 9.17) is 4.99 Å². The minimum absolute atomic E-state index is 0.0794. The van der Waals surface area contributed by atoms with Crippen LogP contribution in [0, 0.1) is 5.92 Å². The molecule has 198 valence electrons. The predicted octanol–water partition coefficient (Wildman–Crippen LogP) is 6.77. The fourth-order valence-electron chi connectivity index (χ4n) is 4.33. The minimum Gasteiger partial charge on any atom is -0.384 e. The lowest BCUT2D eigenvalue weighted by Gasteiger charge is -2.33. The van der Waals surface area contributed by atoms with Crippen molar-refractivity contribution < 1.29 is 13.2 Å². The van der Waals surface area contributed by atoms with Crippen molar-refractivity contribution in [3.8, 4) is 0 Å². The number of nitrogens with zero attached hydrogens (tertiary/aromatic N) is 4. The summed E-state index contributed by atoms with van der Waals surface area (Å²) in [6, 6.07) is 9.74. The van der Waals surface area contributed by atoms with E-state index in [9.17, 15) is 13.2 Å². The van der Waals surface area contributed by atoms with E-state index >= 15 is 0 Å². The highest BCUT2D eigenvalue weighted by molar-refractivity contribution is 9.12. The van der Waals surface area contributed by atoms with Crippen molar-refractivity contribution in [2.75, 3.05) is 20.1 Å². The topological polar surface area (TPSA) is 52.9 Å². The monoisotopic (exact) mass is 575 g/mol. The lowest BCUT2D eigenvalue weighted by atomic mass is 9.91. The molecule has 1 aliphatic heterocycles. The van der Waals surface area contributed by atoms with Crippen molar-refractivity contribution >= 4 is 27.9 Å². The molecule has 1 unspecified atom stereocenters. The van der Waals surface area contributed by atoms with Crippen LogP contribution < -0.4 is 5.32 Å². The number of halogens is 4. The molecule has 0 spiro atoms. The molecule has 3 rings (SSSR count). The zero-order valence-corrected chi connectivity index (χ0v) is 23.0. The third kappa shape index (κ3) is 8.93. The Morgan fingerprint density at radius 3 is 2.70 bits per heavy atom. The van der Waals surface area contributed by atoms with Gasteiger partial charge in [-0.1, -0.05) is 24.3 Å². The maximum atomic E-state index is 13.6. The molecule has 0 radical (unpaired) electrons. The van der Waals surface area contributed by atoms with Crippen LogP contribution in [-0.2, 0) is 19.3 Å². The summed E-state index contributed by atoms with van der Waals surface area (Å²) in [6.45, 7) is 6.17. The average molecular weight is 577 g/mol. The van der Waals surface area contributed by atoms with E-state index in [1.54, 1.807) is 31.6 Å². The van der Waals surface area contributed by atoms with Gasteiger partial charge in [0.15, 0.2) is 0 Å². The van der Waals surface area contributed by atoms with Gasteiger partial charge in [-0.05, 0) is 78.5 Å². The summed E-state index contributed by atoms with van der Waals surface area (Å²) in [5.74, 6) is 0.0794. The number of pyridine rings is 1. The molecule has 1 N–H and O–H groups in total. The Bertz CT molecular complexity index is 1160. The molecular formula is C28H33BrF3N5. The predicted molar refractivity (Wildman–Crippen MR) is 148 cm³/mol. The molecule has 0 amide bonds. The summed E-state index contributed by atoms with van der Waals surface area (Å²) in [6.07, 6.45) is 4.74. The summed E-state index contributed by atoms with van der Waals surface area (Å²) in [5, 5.41) is 3.42. The van der Waals surface area contributed by atoms with Gasteiger partial charge in [0.05, 0.1) is 15.7 Å². The normalized spacial score (nSPS) is 18.7. The van der Waals surface area contributed by atoms with Gasteiger partial charge in [0, 0.05) is 62.6 Å². The first-order valence-corrected chi connectivity index (χ1v) is 13.0. The zero-order valence-electron chi connectivity index (χ0n) is 21.4. The summed E-state index contributed by atoms with van der Waals surface area (Å²) in [7, 11) is 1.70. The number of allylic oxidation sites excluding steroid dienone is 4. The Morgan fingerprint density at radius 1 is 1.22 bits per heavy atom. The Morgan fingerprint density at radius 2 is 2.00 bits per heavy atom. The third-order valence-corrected chi connectivity index (χ3v) is 6.96. The largest absolute Gasteiger partial charge is 0.416 e. The summed E-state index contributed by atoms with van der Waals surface area (Å²) in [5.41, 5.74) is 3.44. The lowest BCUT2D eigenvalue weighted by molar-refractivity contribution is -0.138. The van der Waals surface area contributed by atoms with E-state index in [0.29, 0.717) is 18.7 Å². The Labute approximate surface area is 225 Å². The van der Waals surface area contributed by atoms with Gasteiger partial charge in [-0.2, -0.15) is 13.2 Å². The molecule has 1 aromatic carbocycles. The first kappa shape index (κ1) is 28.8. The number of hydrogen-bond donors (Lipinski definition) is 1. The van der Waals surface area contributed by atoms with Gasteiger partial charge >= 0.3 is 6.18 Å². The SMILES string of the molecule is CN=C/C(Br)=C(C)/N=C(\C=C(/C)NCc1cccnc1)C1CCCN(Cc2ccccc2C(F)(F)F)C1. The van der Waals surface area contributed by atoms with Crippen molar-refractivity contribution in [3.63, 3.8) is 0 Å². The molecule has 1 fully saturated rings. The second-order valence-electron chi connectivity index (χ2n) is 9.13. The number of alkyl halides is 3. The summed E-state index contributed by atoms with van der Waals surface area (Å²) in [4.78, 5) is 15.2. The molecule has 1 aliphatic rings. The van der Waals surface area contributed by atoms with E-state index in [0.717, 1.165) is 52.6 Å². The van der Waals surface area contributed by atoms with E-state index in [-0.39, 0.29) is 12.5 Å². The maximum absolute atomic E-state index is 13.6. The van der Waals surface area contributed by atoms with Gasteiger partial charge in [-0.25, -0.2) is 0 Å². The van der Waals surface area contributed by atoms with Crippen LogP contribution in [0.25, 0.3) is 0 Å². The number of benzene rings is 1. The van der Waals surface area contributed by atoms with Crippen molar-refractivity contribution in [1.29, 1.82) is 0 Å². The number of rotatable bonds is 9. The Kier molecular flexibility index (Phi) is 10.6. The molecule has 0 aliphatic carbocycles. The third-order valence-electron chi connectivity index (χ3n) is 6.18. The smallest absolute Gasteiger partial charge is 0.384 e. The second kappa shape index (κ2) is 13.7. The van der Waals surface area contributed by atoms with Gasteiger partial charge in [0.2, 0.25) is 0 Å².